The van der Waals surface area contributed by atoms with E-state index in [9.17, 15) is 9.59 Å². The van der Waals surface area contributed by atoms with Crippen molar-refractivity contribution in [2.75, 3.05) is 12.0 Å². The number of aryl methyl sites for hydroxylation is 1. The third-order valence-corrected chi connectivity index (χ3v) is 4.85. The lowest BCUT2D eigenvalue weighted by molar-refractivity contribution is -0.361. The Morgan fingerprint density at radius 1 is 1.29 bits per heavy atom. The fourth-order valence-electron chi connectivity index (χ4n) is 3.80. The number of amides is 2. The summed E-state index contributed by atoms with van der Waals surface area (Å²) in [6, 6.07) is 3.88. The molecule has 21 heavy (non-hydrogen) atoms. The van der Waals surface area contributed by atoms with Gasteiger partial charge in [0.05, 0.1) is 30.2 Å². The van der Waals surface area contributed by atoms with E-state index in [-0.39, 0.29) is 42.5 Å². The number of nitrogens with zero attached hydrogens (tertiary/aromatic N) is 1. The van der Waals surface area contributed by atoms with Crippen molar-refractivity contribution in [3.05, 3.63) is 23.9 Å². The lowest BCUT2D eigenvalue weighted by Crippen LogP contribution is -2.38. The van der Waals surface area contributed by atoms with E-state index in [0.717, 1.165) is 24.2 Å². The van der Waals surface area contributed by atoms with Gasteiger partial charge in [-0.3, -0.25) is 14.9 Å². The Hall–Kier alpha value is -1.95. The van der Waals surface area contributed by atoms with Gasteiger partial charge in [-0.2, -0.15) is 0 Å². The molecule has 3 aliphatic heterocycles. The first kappa shape index (κ1) is 12.8. The van der Waals surface area contributed by atoms with Crippen LogP contribution in [0, 0.1) is 18.8 Å². The third-order valence-electron chi connectivity index (χ3n) is 4.85. The summed E-state index contributed by atoms with van der Waals surface area (Å²) >= 11 is 0. The molecule has 3 saturated heterocycles. The van der Waals surface area contributed by atoms with Gasteiger partial charge in [0.1, 0.15) is 0 Å². The van der Waals surface area contributed by atoms with Crippen molar-refractivity contribution < 1.29 is 19.3 Å². The van der Waals surface area contributed by atoms with Crippen LogP contribution in [0.5, 0.6) is 0 Å². The number of fused-ring (bicyclic) bond motifs is 5. The van der Waals surface area contributed by atoms with E-state index >= 15 is 0 Å². The zero-order valence-electron chi connectivity index (χ0n) is 11.8. The van der Waals surface area contributed by atoms with Crippen LogP contribution in [0.3, 0.4) is 0 Å². The summed E-state index contributed by atoms with van der Waals surface area (Å²) in [5.41, 5.74) is 1.04. The van der Waals surface area contributed by atoms with Crippen LogP contribution in [0.25, 0.3) is 0 Å². The minimum atomic E-state index is -0.251. The zero-order valence-corrected chi connectivity index (χ0v) is 11.8. The second-order valence-electron chi connectivity index (χ2n) is 6.01. The molecule has 1 aromatic rings. The molecule has 6 nitrogen and oxygen atoms in total. The number of aromatic amines is 1. The SMILES string of the molecule is Cc1ccc[nH+]c1NCN1C(=O)[C@@H]2[C@H](C1=O)[C@H]1CC[C@@H]2O1. The van der Waals surface area contributed by atoms with Crippen LogP contribution < -0.4 is 10.3 Å². The molecule has 0 unspecified atom stereocenters. The number of rotatable bonds is 3. The third kappa shape index (κ3) is 1.78. The smallest absolute Gasteiger partial charge is 0.276 e. The van der Waals surface area contributed by atoms with E-state index in [1.54, 1.807) is 0 Å². The number of carbonyl (C=O) groups excluding carboxylic acids is 2. The van der Waals surface area contributed by atoms with E-state index in [1.165, 1.54) is 4.90 Å². The van der Waals surface area contributed by atoms with Gasteiger partial charge in [-0.15, -0.1) is 0 Å². The van der Waals surface area contributed by atoms with Crippen molar-refractivity contribution in [1.82, 2.24) is 4.90 Å². The van der Waals surface area contributed by atoms with E-state index in [1.807, 2.05) is 25.3 Å². The summed E-state index contributed by atoms with van der Waals surface area (Å²) in [6.07, 6.45) is 3.51. The summed E-state index contributed by atoms with van der Waals surface area (Å²) in [6.45, 7) is 2.18. The number of hydrogen-bond acceptors (Lipinski definition) is 4. The fraction of sp³-hybridized carbons (Fsp3) is 0.533. The van der Waals surface area contributed by atoms with Crippen molar-refractivity contribution >= 4 is 17.6 Å². The lowest BCUT2D eigenvalue weighted by Gasteiger charge is -2.15. The second kappa shape index (κ2) is 4.53. The standard InChI is InChI=1S/C15H17N3O3/c1-8-3-2-6-16-13(8)17-7-18-14(19)11-9-4-5-10(21-9)12(11)15(18)20/h2-3,6,9-12H,4-5,7H2,1H3,(H,16,17)/p+1/t9-,10+,11-,12+. The molecule has 0 aliphatic carbocycles. The molecular formula is C15H18N3O3+. The fourth-order valence-corrected chi connectivity index (χ4v) is 3.80. The number of hydrogen-bond donors (Lipinski definition) is 1. The van der Waals surface area contributed by atoms with Crippen LogP contribution in [-0.2, 0) is 14.3 Å². The Morgan fingerprint density at radius 3 is 2.57 bits per heavy atom. The summed E-state index contributed by atoms with van der Waals surface area (Å²) < 4.78 is 5.72. The zero-order chi connectivity index (χ0) is 14.6. The van der Waals surface area contributed by atoms with Gasteiger partial charge in [0, 0.05) is 5.56 Å². The molecule has 2 bridgehead atoms. The Morgan fingerprint density at radius 2 is 1.95 bits per heavy atom. The normalized spacial score (nSPS) is 33.7. The Bertz CT molecular complexity index is 590. The molecule has 0 spiro atoms. The molecule has 110 valence electrons. The van der Waals surface area contributed by atoms with Gasteiger partial charge in [0.2, 0.25) is 11.8 Å². The average molecular weight is 288 g/mol. The van der Waals surface area contributed by atoms with Gasteiger partial charge >= 0.3 is 0 Å². The minimum Gasteiger partial charge on any atom is -0.373 e. The van der Waals surface area contributed by atoms with Crippen molar-refractivity contribution in [1.29, 1.82) is 0 Å². The first-order valence-corrected chi connectivity index (χ1v) is 7.38. The van der Waals surface area contributed by atoms with Gasteiger partial charge < -0.3 is 4.74 Å². The lowest BCUT2D eigenvalue weighted by atomic mass is 9.81. The molecule has 0 aromatic carbocycles. The molecule has 3 fully saturated rings. The van der Waals surface area contributed by atoms with E-state index in [4.69, 9.17) is 4.74 Å². The number of pyridine rings is 1. The number of carbonyl (C=O) groups is 2. The highest BCUT2D eigenvalue weighted by molar-refractivity contribution is 6.06. The molecule has 4 heterocycles. The molecule has 4 rings (SSSR count). The number of nitrogens with one attached hydrogen (secondary N) is 2. The Kier molecular flexibility index (Phi) is 2.75. The highest BCUT2D eigenvalue weighted by atomic mass is 16.5. The molecule has 2 amide bonds. The maximum atomic E-state index is 12.5. The first-order chi connectivity index (χ1) is 10.2. The summed E-state index contributed by atoms with van der Waals surface area (Å²) in [5.74, 6) is 0.156. The molecule has 6 heteroatoms. The number of aromatic nitrogens is 1. The van der Waals surface area contributed by atoms with Gasteiger partial charge in [-0.05, 0) is 31.9 Å². The summed E-state index contributed by atoms with van der Waals surface area (Å²) in [4.78, 5) is 29.4. The predicted octanol–water partition coefficient (Wildman–Crippen LogP) is 0.341. The number of H-pyrrole nitrogens is 1. The highest BCUT2D eigenvalue weighted by Crippen LogP contribution is 2.48. The van der Waals surface area contributed by atoms with E-state index < -0.39 is 0 Å². The number of likely N-dealkylation sites (tertiary alicyclic amines) is 1. The van der Waals surface area contributed by atoms with Gasteiger partial charge in [0.25, 0.3) is 5.82 Å². The highest BCUT2D eigenvalue weighted by Gasteiger charge is 2.62. The number of anilines is 1. The van der Waals surface area contributed by atoms with Crippen molar-refractivity contribution in [2.24, 2.45) is 11.8 Å². The second-order valence-corrected chi connectivity index (χ2v) is 6.01. The van der Waals surface area contributed by atoms with Crippen LogP contribution >= 0.6 is 0 Å². The number of ether oxygens (including phenoxy) is 1. The molecule has 4 atom stereocenters. The molecule has 3 aliphatic rings. The van der Waals surface area contributed by atoms with Gasteiger partial charge in [-0.25, -0.2) is 9.88 Å². The quantitative estimate of drug-likeness (QED) is 0.814. The molecule has 0 radical (unpaired) electrons. The van der Waals surface area contributed by atoms with Crippen LogP contribution in [0.1, 0.15) is 18.4 Å². The number of imide groups is 1. The maximum Gasteiger partial charge on any atom is 0.276 e. The summed E-state index contributed by atoms with van der Waals surface area (Å²) in [7, 11) is 0. The van der Waals surface area contributed by atoms with Gasteiger partial charge in [0.15, 0.2) is 6.67 Å². The topological polar surface area (TPSA) is 72.8 Å². The Labute approximate surface area is 122 Å². The molecular weight excluding hydrogens is 270 g/mol. The van der Waals surface area contributed by atoms with Crippen LogP contribution in [0.4, 0.5) is 5.82 Å². The minimum absolute atomic E-state index is 0.0496. The largest absolute Gasteiger partial charge is 0.373 e. The first-order valence-electron chi connectivity index (χ1n) is 7.38. The molecule has 1 aromatic heterocycles. The van der Waals surface area contributed by atoms with Crippen molar-refractivity contribution in [2.45, 2.75) is 32.0 Å². The van der Waals surface area contributed by atoms with Crippen LogP contribution in [0.15, 0.2) is 18.3 Å². The summed E-state index contributed by atoms with van der Waals surface area (Å²) in [5, 5.41) is 3.14. The predicted molar refractivity (Wildman–Crippen MR) is 73.0 cm³/mol. The monoisotopic (exact) mass is 288 g/mol. The van der Waals surface area contributed by atoms with Gasteiger partial charge in [-0.1, -0.05) is 0 Å². The van der Waals surface area contributed by atoms with E-state index in [0.29, 0.717) is 0 Å². The Balaban J connectivity index is 1.51. The maximum absolute atomic E-state index is 12.5. The molecule has 0 saturated carbocycles. The average Bonchev–Trinajstić information content (AvgIpc) is 3.14. The van der Waals surface area contributed by atoms with E-state index in [2.05, 4.69) is 10.3 Å². The molecule has 2 N–H and O–H groups in total. The van der Waals surface area contributed by atoms with Crippen molar-refractivity contribution in [3.63, 3.8) is 0 Å². The van der Waals surface area contributed by atoms with Crippen molar-refractivity contribution in [3.8, 4) is 0 Å². The van der Waals surface area contributed by atoms with Crippen LogP contribution in [0.2, 0.25) is 0 Å². The van der Waals surface area contributed by atoms with Crippen LogP contribution in [-0.4, -0.2) is 35.6 Å².